The SMILES string of the molecule is CCN1C(=O)/C(=C\c2cc(C)n(-c3ccc(OC)cc3)c2C)SC1=Nc1cc(C)ccc1C. The van der Waals surface area contributed by atoms with Gasteiger partial charge in [-0.1, -0.05) is 12.1 Å². The standard InChI is InChI=1S/C27H29N3O2S/c1-7-29-26(31)25(33-27(29)28-24-14-17(2)8-9-18(24)3)16-21-15-19(4)30(20(21)5)22-10-12-23(32-6)13-11-22/h8-16H,7H2,1-6H3/b25-16+,28-27?. The fourth-order valence-corrected chi connectivity index (χ4v) is 5.06. The van der Waals surface area contributed by atoms with Crippen LogP contribution in [0.4, 0.5) is 5.69 Å². The van der Waals surface area contributed by atoms with Crippen molar-refractivity contribution in [1.29, 1.82) is 0 Å². The van der Waals surface area contributed by atoms with Gasteiger partial charge in [0.1, 0.15) is 5.75 Å². The fourth-order valence-electron chi connectivity index (χ4n) is 4.02. The van der Waals surface area contributed by atoms with Gasteiger partial charge in [-0.3, -0.25) is 9.69 Å². The first-order valence-electron chi connectivity index (χ1n) is 11.0. The second-order valence-corrected chi connectivity index (χ2v) is 9.21. The first-order valence-corrected chi connectivity index (χ1v) is 11.8. The maximum Gasteiger partial charge on any atom is 0.266 e. The molecule has 0 bridgehead atoms. The second kappa shape index (κ2) is 9.32. The lowest BCUT2D eigenvalue weighted by Gasteiger charge is -2.12. The summed E-state index contributed by atoms with van der Waals surface area (Å²) in [6.45, 7) is 10.8. The first-order chi connectivity index (χ1) is 15.8. The maximum absolute atomic E-state index is 13.2. The molecule has 2 aromatic carbocycles. The number of thioether (sulfide) groups is 1. The van der Waals surface area contributed by atoms with Crippen LogP contribution >= 0.6 is 11.8 Å². The van der Waals surface area contributed by atoms with Crippen molar-refractivity contribution in [3.8, 4) is 11.4 Å². The van der Waals surface area contributed by atoms with Gasteiger partial charge in [-0.05, 0) is 106 Å². The van der Waals surface area contributed by atoms with Gasteiger partial charge in [-0.2, -0.15) is 0 Å². The van der Waals surface area contributed by atoms with Gasteiger partial charge in [0.25, 0.3) is 5.91 Å². The van der Waals surface area contributed by atoms with Crippen LogP contribution in [0.1, 0.15) is 35.0 Å². The summed E-state index contributed by atoms with van der Waals surface area (Å²) >= 11 is 1.44. The number of likely N-dealkylation sites (N-methyl/N-ethyl adjacent to an activating group) is 1. The molecule has 1 amide bonds. The quantitative estimate of drug-likeness (QED) is 0.418. The van der Waals surface area contributed by atoms with E-state index in [0.29, 0.717) is 11.4 Å². The third-order valence-corrected chi connectivity index (χ3v) is 6.88. The van der Waals surface area contributed by atoms with Crippen LogP contribution in [-0.4, -0.2) is 34.2 Å². The summed E-state index contributed by atoms with van der Waals surface area (Å²) < 4.78 is 7.48. The van der Waals surface area contributed by atoms with Crippen LogP contribution in [0.25, 0.3) is 11.8 Å². The molecule has 0 aliphatic carbocycles. The van der Waals surface area contributed by atoms with E-state index in [9.17, 15) is 4.79 Å². The van der Waals surface area contributed by atoms with Gasteiger partial charge < -0.3 is 9.30 Å². The van der Waals surface area contributed by atoms with Crippen molar-refractivity contribution in [3.05, 3.63) is 81.5 Å². The molecule has 0 atom stereocenters. The van der Waals surface area contributed by atoms with Crippen molar-refractivity contribution in [2.45, 2.75) is 34.6 Å². The molecule has 4 rings (SSSR count). The van der Waals surface area contributed by atoms with Gasteiger partial charge in [0.2, 0.25) is 0 Å². The topological polar surface area (TPSA) is 46.8 Å². The number of carbonyl (C=O) groups is 1. The zero-order chi connectivity index (χ0) is 23.7. The lowest BCUT2D eigenvalue weighted by molar-refractivity contribution is -0.122. The Hall–Kier alpha value is -3.25. The Bertz CT molecular complexity index is 1270. The Morgan fingerprint density at radius 3 is 2.42 bits per heavy atom. The normalized spacial score (nSPS) is 16.3. The van der Waals surface area contributed by atoms with Crippen LogP contribution in [0, 0.1) is 27.7 Å². The molecule has 170 valence electrons. The molecule has 1 aliphatic heterocycles. The number of amides is 1. The highest BCUT2D eigenvalue weighted by molar-refractivity contribution is 8.18. The minimum atomic E-state index is 0.000747. The van der Waals surface area contributed by atoms with Crippen molar-refractivity contribution >= 4 is 34.6 Å². The van der Waals surface area contributed by atoms with Crippen LogP contribution in [0.3, 0.4) is 0 Å². The van der Waals surface area contributed by atoms with Crippen LogP contribution in [0.15, 0.2) is 58.4 Å². The van der Waals surface area contributed by atoms with E-state index in [-0.39, 0.29) is 5.91 Å². The smallest absolute Gasteiger partial charge is 0.266 e. The number of benzene rings is 2. The third-order valence-electron chi connectivity index (χ3n) is 5.87. The molecular weight excluding hydrogens is 430 g/mol. The number of aliphatic imine (C=N–C) groups is 1. The van der Waals surface area contributed by atoms with Crippen molar-refractivity contribution in [3.63, 3.8) is 0 Å². The van der Waals surface area contributed by atoms with Gasteiger partial charge in [0.05, 0.1) is 17.7 Å². The molecule has 0 N–H and O–H groups in total. The van der Waals surface area contributed by atoms with E-state index in [1.54, 1.807) is 12.0 Å². The number of rotatable bonds is 5. The number of amidine groups is 1. The highest BCUT2D eigenvalue weighted by Crippen LogP contribution is 2.36. The van der Waals surface area contributed by atoms with E-state index in [0.717, 1.165) is 50.4 Å². The molecule has 33 heavy (non-hydrogen) atoms. The fraction of sp³-hybridized carbons (Fsp3) is 0.259. The minimum Gasteiger partial charge on any atom is -0.497 e. The first kappa shape index (κ1) is 22.9. The predicted molar refractivity (Wildman–Crippen MR) is 138 cm³/mol. The van der Waals surface area contributed by atoms with Crippen LogP contribution in [0.2, 0.25) is 0 Å². The molecule has 5 nitrogen and oxygen atoms in total. The highest BCUT2D eigenvalue weighted by atomic mass is 32.2. The number of aromatic nitrogens is 1. The van der Waals surface area contributed by atoms with Crippen molar-refractivity contribution in [2.75, 3.05) is 13.7 Å². The Kier molecular flexibility index (Phi) is 6.47. The molecule has 1 saturated heterocycles. The van der Waals surface area contributed by atoms with Gasteiger partial charge in [0.15, 0.2) is 5.17 Å². The molecule has 2 heterocycles. The van der Waals surface area contributed by atoms with E-state index < -0.39 is 0 Å². The summed E-state index contributed by atoms with van der Waals surface area (Å²) in [5, 5.41) is 0.728. The van der Waals surface area contributed by atoms with E-state index >= 15 is 0 Å². The molecule has 0 spiro atoms. The molecule has 6 heteroatoms. The molecular formula is C27H29N3O2S. The number of nitrogens with zero attached hydrogens (tertiary/aromatic N) is 3. The van der Waals surface area contributed by atoms with Crippen molar-refractivity contribution < 1.29 is 9.53 Å². The number of ether oxygens (including phenoxy) is 1. The molecule has 1 fully saturated rings. The van der Waals surface area contributed by atoms with Crippen LogP contribution in [-0.2, 0) is 4.79 Å². The Morgan fingerprint density at radius 1 is 1.03 bits per heavy atom. The van der Waals surface area contributed by atoms with Gasteiger partial charge in [-0.25, -0.2) is 4.99 Å². The van der Waals surface area contributed by atoms with Gasteiger partial charge in [-0.15, -0.1) is 0 Å². The Morgan fingerprint density at radius 2 is 1.76 bits per heavy atom. The molecule has 0 radical (unpaired) electrons. The summed E-state index contributed by atoms with van der Waals surface area (Å²) in [6, 6.07) is 16.3. The largest absolute Gasteiger partial charge is 0.497 e. The second-order valence-electron chi connectivity index (χ2n) is 8.20. The molecule has 1 aromatic heterocycles. The summed E-state index contributed by atoms with van der Waals surface area (Å²) in [5.74, 6) is 0.827. The third kappa shape index (κ3) is 4.48. The lowest BCUT2D eigenvalue weighted by atomic mass is 10.1. The van der Waals surface area contributed by atoms with Gasteiger partial charge >= 0.3 is 0 Å². The molecule has 0 saturated carbocycles. The molecule has 3 aromatic rings. The van der Waals surface area contributed by atoms with Crippen LogP contribution in [0.5, 0.6) is 5.75 Å². The zero-order valence-electron chi connectivity index (χ0n) is 20.0. The van der Waals surface area contributed by atoms with Crippen LogP contribution < -0.4 is 4.74 Å². The molecule has 1 aliphatic rings. The maximum atomic E-state index is 13.2. The van der Waals surface area contributed by atoms with Crippen molar-refractivity contribution in [1.82, 2.24) is 9.47 Å². The Labute approximate surface area is 199 Å². The van der Waals surface area contributed by atoms with E-state index in [1.165, 1.54) is 11.8 Å². The Balaban J connectivity index is 1.70. The van der Waals surface area contributed by atoms with Crippen molar-refractivity contribution in [2.24, 2.45) is 4.99 Å². The average molecular weight is 460 g/mol. The number of methoxy groups -OCH3 is 1. The predicted octanol–water partition coefficient (Wildman–Crippen LogP) is 6.34. The van der Waals surface area contributed by atoms with E-state index in [2.05, 4.69) is 49.6 Å². The lowest BCUT2D eigenvalue weighted by Crippen LogP contribution is -2.28. The average Bonchev–Trinajstić information content (AvgIpc) is 3.25. The molecule has 0 unspecified atom stereocenters. The number of carbonyl (C=O) groups excluding carboxylic acids is 1. The van der Waals surface area contributed by atoms with Gasteiger partial charge in [0, 0.05) is 23.6 Å². The number of hydrogen-bond acceptors (Lipinski definition) is 4. The number of aryl methyl sites for hydroxylation is 3. The summed E-state index contributed by atoms with van der Waals surface area (Å²) in [5.41, 5.74) is 7.44. The summed E-state index contributed by atoms with van der Waals surface area (Å²) in [7, 11) is 1.67. The summed E-state index contributed by atoms with van der Waals surface area (Å²) in [4.78, 5) is 20.5. The van der Waals surface area contributed by atoms with E-state index in [1.807, 2.05) is 44.2 Å². The number of hydrogen-bond donors (Lipinski definition) is 0. The van der Waals surface area contributed by atoms with E-state index in [4.69, 9.17) is 9.73 Å². The monoisotopic (exact) mass is 459 g/mol. The summed E-state index contributed by atoms with van der Waals surface area (Å²) in [6.07, 6.45) is 1.99. The zero-order valence-corrected chi connectivity index (χ0v) is 20.8. The minimum absolute atomic E-state index is 0.000747. The highest BCUT2D eigenvalue weighted by Gasteiger charge is 2.32.